The van der Waals surface area contributed by atoms with Gasteiger partial charge in [-0.05, 0) is 30.5 Å². The highest BCUT2D eigenvalue weighted by Crippen LogP contribution is 2.13. The van der Waals surface area contributed by atoms with Crippen LogP contribution in [0.3, 0.4) is 0 Å². The smallest absolute Gasteiger partial charge is 0.0840 e. The number of nitrogens with zero attached hydrogens (tertiary/aromatic N) is 2. The monoisotopic (exact) mass is 188 g/mol. The van der Waals surface area contributed by atoms with Crippen molar-refractivity contribution in [3.63, 3.8) is 0 Å². The fourth-order valence-electron chi connectivity index (χ4n) is 1.40. The van der Waals surface area contributed by atoms with Crippen molar-refractivity contribution in [3.8, 4) is 0 Å². The maximum Gasteiger partial charge on any atom is 0.0840 e. The third-order valence-corrected chi connectivity index (χ3v) is 2.17. The number of aliphatic imine (C=N–C) groups is 1. The second-order valence-corrected chi connectivity index (χ2v) is 3.17. The van der Waals surface area contributed by atoms with E-state index in [1.54, 1.807) is 13.3 Å². The van der Waals surface area contributed by atoms with Crippen LogP contribution in [-0.4, -0.2) is 18.2 Å². The van der Waals surface area contributed by atoms with Gasteiger partial charge in [0, 0.05) is 19.0 Å². The van der Waals surface area contributed by atoms with Crippen molar-refractivity contribution in [2.75, 3.05) is 7.05 Å². The maximum atomic E-state index is 4.53. The first-order valence-corrected chi connectivity index (χ1v) is 4.78. The van der Waals surface area contributed by atoms with Gasteiger partial charge >= 0.3 is 0 Å². The molecule has 2 nitrogen and oxygen atoms in total. The predicted octanol–water partition coefficient (Wildman–Crippen LogP) is 2.64. The van der Waals surface area contributed by atoms with Crippen molar-refractivity contribution in [2.45, 2.75) is 20.3 Å². The van der Waals surface area contributed by atoms with E-state index in [1.807, 2.05) is 13.0 Å². The highest BCUT2D eigenvalue weighted by atomic mass is 14.8. The Morgan fingerprint density at radius 3 is 2.79 bits per heavy atom. The Bertz CT molecular complexity index is 365. The van der Waals surface area contributed by atoms with Crippen LogP contribution in [0.4, 0.5) is 0 Å². The number of rotatable bonds is 3. The molecule has 0 unspecified atom stereocenters. The Labute approximate surface area is 85.4 Å². The van der Waals surface area contributed by atoms with Crippen LogP contribution in [0.15, 0.2) is 17.6 Å². The number of aryl methyl sites for hydroxylation is 2. The van der Waals surface area contributed by atoms with Crippen LogP contribution in [0.25, 0.3) is 6.08 Å². The van der Waals surface area contributed by atoms with Gasteiger partial charge < -0.3 is 0 Å². The van der Waals surface area contributed by atoms with Crippen LogP contribution in [0.5, 0.6) is 0 Å². The zero-order valence-corrected chi connectivity index (χ0v) is 9.04. The predicted molar refractivity (Wildman–Crippen MR) is 62.0 cm³/mol. The summed E-state index contributed by atoms with van der Waals surface area (Å²) in [7, 11) is 1.76. The van der Waals surface area contributed by atoms with E-state index in [2.05, 4.69) is 29.5 Å². The van der Waals surface area contributed by atoms with E-state index < -0.39 is 0 Å². The van der Waals surface area contributed by atoms with Crippen LogP contribution in [0.2, 0.25) is 0 Å². The van der Waals surface area contributed by atoms with Gasteiger partial charge in [0.2, 0.25) is 0 Å². The van der Waals surface area contributed by atoms with Crippen LogP contribution in [0, 0.1) is 6.92 Å². The second kappa shape index (κ2) is 4.70. The van der Waals surface area contributed by atoms with E-state index >= 15 is 0 Å². The average Bonchev–Trinajstić information content (AvgIpc) is 2.20. The van der Waals surface area contributed by atoms with Gasteiger partial charge in [0.25, 0.3) is 0 Å². The Morgan fingerprint density at radius 2 is 2.29 bits per heavy atom. The molecule has 0 fully saturated rings. The standard InChI is InChI=1S/C12H16N2/c1-5-10-7-9(3)12(8-13-4)14-11(10)6-2/h5,7-8H,1,6H2,2-4H3. The summed E-state index contributed by atoms with van der Waals surface area (Å²) < 4.78 is 0. The van der Waals surface area contributed by atoms with E-state index in [-0.39, 0.29) is 0 Å². The van der Waals surface area contributed by atoms with Crippen molar-refractivity contribution < 1.29 is 0 Å². The lowest BCUT2D eigenvalue weighted by Gasteiger charge is -2.06. The first kappa shape index (κ1) is 10.6. The highest BCUT2D eigenvalue weighted by Gasteiger charge is 2.03. The summed E-state index contributed by atoms with van der Waals surface area (Å²) in [6.45, 7) is 7.92. The topological polar surface area (TPSA) is 25.2 Å². The van der Waals surface area contributed by atoms with E-state index in [0.717, 1.165) is 28.9 Å². The van der Waals surface area contributed by atoms with Crippen LogP contribution in [0.1, 0.15) is 29.4 Å². The van der Waals surface area contributed by atoms with Gasteiger partial charge in [-0.3, -0.25) is 9.98 Å². The SMILES string of the molecule is C=Cc1cc(C)c(C=NC)nc1CC. The van der Waals surface area contributed by atoms with E-state index in [4.69, 9.17) is 0 Å². The zero-order valence-electron chi connectivity index (χ0n) is 9.04. The molecule has 14 heavy (non-hydrogen) atoms. The molecule has 0 saturated heterocycles. The first-order chi connectivity index (χ1) is 6.72. The largest absolute Gasteiger partial charge is 0.294 e. The molecule has 1 rings (SSSR count). The molecule has 0 amide bonds. The third-order valence-electron chi connectivity index (χ3n) is 2.17. The fourth-order valence-corrected chi connectivity index (χ4v) is 1.40. The molecule has 0 radical (unpaired) electrons. The molecule has 0 atom stereocenters. The molecule has 0 aromatic carbocycles. The summed E-state index contributed by atoms with van der Waals surface area (Å²) in [6.07, 6.45) is 4.57. The molecular formula is C12H16N2. The number of hydrogen-bond acceptors (Lipinski definition) is 2. The van der Waals surface area contributed by atoms with Gasteiger partial charge in [0.1, 0.15) is 0 Å². The van der Waals surface area contributed by atoms with Crippen LogP contribution >= 0.6 is 0 Å². The molecule has 2 heteroatoms. The third kappa shape index (κ3) is 2.08. The quantitative estimate of drug-likeness (QED) is 0.669. The van der Waals surface area contributed by atoms with Crippen molar-refractivity contribution >= 4 is 12.3 Å². The van der Waals surface area contributed by atoms with E-state index in [0.29, 0.717) is 0 Å². The summed E-state index contributed by atoms with van der Waals surface area (Å²) in [6, 6.07) is 2.11. The Kier molecular flexibility index (Phi) is 3.57. The molecule has 1 aromatic heterocycles. The molecule has 1 aromatic rings. The number of aromatic nitrogens is 1. The molecular weight excluding hydrogens is 172 g/mol. The molecule has 0 N–H and O–H groups in total. The summed E-state index contributed by atoms with van der Waals surface area (Å²) >= 11 is 0. The number of pyridine rings is 1. The minimum Gasteiger partial charge on any atom is -0.294 e. The normalized spacial score (nSPS) is 10.8. The minimum atomic E-state index is 0.923. The molecule has 0 aliphatic rings. The Balaban J connectivity index is 3.29. The van der Waals surface area contributed by atoms with Crippen molar-refractivity contribution in [1.29, 1.82) is 0 Å². The Morgan fingerprint density at radius 1 is 1.57 bits per heavy atom. The molecule has 0 spiro atoms. The van der Waals surface area contributed by atoms with Gasteiger partial charge in [0.15, 0.2) is 0 Å². The van der Waals surface area contributed by atoms with Crippen molar-refractivity contribution in [3.05, 3.63) is 35.2 Å². The fraction of sp³-hybridized carbons (Fsp3) is 0.333. The average molecular weight is 188 g/mol. The second-order valence-electron chi connectivity index (χ2n) is 3.17. The molecule has 0 aliphatic carbocycles. The molecule has 0 bridgehead atoms. The van der Waals surface area contributed by atoms with Gasteiger partial charge in [0.05, 0.1) is 5.69 Å². The summed E-state index contributed by atoms with van der Waals surface area (Å²) in [5.41, 5.74) is 4.30. The maximum absolute atomic E-state index is 4.53. The lowest BCUT2D eigenvalue weighted by molar-refractivity contribution is 1.01. The Hall–Kier alpha value is -1.44. The van der Waals surface area contributed by atoms with Gasteiger partial charge in [-0.25, -0.2) is 0 Å². The molecule has 0 aliphatic heterocycles. The summed E-state index contributed by atoms with van der Waals surface area (Å²) in [5.74, 6) is 0. The molecule has 0 saturated carbocycles. The van der Waals surface area contributed by atoms with Gasteiger partial charge in [-0.1, -0.05) is 19.6 Å². The summed E-state index contributed by atoms with van der Waals surface area (Å²) in [4.78, 5) is 8.52. The van der Waals surface area contributed by atoms with Crippen molar-refractivity contribution in [1.82, 2.24) is 4.98 Å². The van der Waals surface area contributed by atoms with E-state index in [9.17, 15) is 0 Å². The first-order valence-electron chi connectivity index (χ1n) is 4.78. The highest BCUT2D eigenvalue weighted by molar-refractivity contribution is 5.79. The van der Waals surface area contributed by atoms with Crippen LogP contribution in [-0.2, 0) is 6.42 Å². The van der Waals surface area contributed by atoms with E-state index in [1.165, 1.54) is 0 Å². The summed E-state index contributed by atoms with van der Waals surface area (Å²) in [5, 5.41) is 0. The minimum absolute atomic E-state index is 0.923. The lowest BCUT2D eigenvalue weighted by atomic mass is 10.1. The van der Waals surface area contributed by atoms with Gasteiger partial charge in [-0.2, -0.15) is 0 Å². The lowest BCUT2D eigenvalue weighted by Crippen LogP contribution is -2.00. The molecule has 74 valence electrons. The van der Waals surface area contributed by atoms with Gasteiger partial charge in [-0.15, -0.1) is 0 Å². The van der Waals surface area contributed by atoms with Crippen LogP contribution < -0.4 is 0 Å². The number of hydrogen-bond donors (Lipinski definition) is 0. The molecule has 1 heterocycles. The zero-order chi connectivity index (χ0) is 10.6. The van der Waals surface area contributed by atoms with Crippen molar-refractivity contribution in [2.24, 2.45) is 4.99 Å².